The predicted molar refractivity (Wildman–Crippen MR) is 89.7 cm³/mol. The summed E-state index contributed by atoms with van der Waals surface area (Å²) in [4.78, 5) is 0. The van der Waals surface area contributed by atoms with Crippen molar-refractivity contribution >= 4 is 10.1 Å². The van der Waals surface area contributed by atoms with E-state index in [1.807, 2.05) is 39.0 Å². The second-order valence-electron chi connectivity index (χ2n) is 5.78. The van der Waals surface area contributed by atoms with Crippen molar-refractivity contribution in [3.8, 4) is 11.8 Å². The zero-order chi connectivity index (χ0) is 17.0. The molecule has 0 spiro atoms. The van der Waals surface area contributed by atoms with Gasteiger partial charge in [-0.05, 0) is 47.7 Å². The van der Waals surface area contributed by atoms with Crippen LogP contribution in [-0.4, -0.2) is 8.42 Å². The number of aryl methyl sites for hydroxylation is 1. The number of nitriles is 1. The van der Waals surface area contributed by atoms with Crippen molar-refractivity contribution in [1.82, 2.24) is 0 Å². The lowest BCUT2D eigenvalue weighted by Crippen LogP contribution is -2.13. The molecule has 2 aromatic carbocycles. The first-order chi connectivity index (χ1) is 10.8. The van der Waals surface area contributed by atoms with Crippen LogP contribution in [-0.2, 0) is 15.9 Å². The Hall–Kier alpha value is -2.32. The minimum Gasteiger partial charge on any atom is -0.382 e. The van der Waals surface area contributed by atoms with Crippen molar-refractivity contribution in [2.45, 2.75) is 32.4 Å². The molecule has 2 rings (SSSR count). The Bertz CT molecular complexity index is 849. The van der Waals surface area contributed by atoms with Gasteiger partial charge < -0.3 is 4.18 Å². The Morgan fingerprint density at radius 2 is 1.91 bits per heavy atom. The molecule has 0 aromatic heterocycles. The third kappa shape index (κ3) is 4.57. The van der Waals surface area contributed by atoms with Crippen LogP contribution in [0.3, 0.4) is 0 Å². The summed E-state index contributed by atoms with van der Waals surface area (Å²) in [5.74, 6) is 0.369. The van der Waals surface area contributed by atoms with E-state index in [4.69, 9.17) is 9.44 Å². The van der Waals surface area contributed by atoms with E-state index in [9.17, 15) is 8.42 Å². The molecule has 0 bridgehead atoms. The normalized spacial score (nSPS) is 11.3. The van der Waals surface area contributed by atoms with Gasteiger partial charge in [-0.15, -0.1) is 0 Å². The van der Waals surface area contributed by atoms with Gasteiger partial charge in [-0.3, -0.25) is 0 Å². The number of hydrogen-bond acceptors (Lipinski definition) is 4. The zero-order valence-corrected chi connectivity index (χ0v) is 14.2. The Balaban J connectivity index is 2.24. The molecule has 2 aromatic rings. The number of nitrogens with zero attached hydrogens (tertiary/aromatic N) is 1. The lowest BCUT2D eigenvalue weighted by molar-refractivity contribution is 0.482. The minimum absolute atomic E-state index is 0.270. The summed E-state index contributed by atoms with van der Waals surface area (Å²) in [6.07, 6.45) is 0. The molecule has 0 saturated heterocycles. The van der Waals surface area contributed by atoms with E-state index < -0.39 is 10.1 Å². The van der Waals surface area contributed by atoms with Crippen LogP contribution in [0.4, 0.5) is 0 Å². The van der Waals surface area contributed by atoms with Crippen LogP contribution in [0.15, 0.2) is 42.5 Å². The monoisotopic (exact) mass is 329 g/mol. The van der Waals surface area contributed by atoms with Crippen LogP contribution >= 0.6 is 0 Å². The quantitative estimate of drug-likeness (QED) is 0.780. The van der Waals surface area contributed by atoms with Crippen LogP contribution in [0.5, 0.6) is 5.75 Å². The highest BCUT2D eigenvalue weighted by atomic mass is 32.2. The SMILES string of the molecule is Cc1ccc(C(C)C)cc1OS(=O)(=O)Cc1cccc(C#N)c1. The van der Waals surface area contributed by atoms with Crippen molar-refractivity contribution in [3.05, 3.63) is 64.7 Å². The molecule has 0 unspecified atom stereocenters. The summed E-state index contributed by atoms with van der Waals surface area (Å²) in [5, 5.41) is 8.88. The summed E-state index contributed by atoms with van der Waals surface area (Å²) < 4.78 is 29.9. The molecule has 0 aliphatic rings. The highest BCUT2D eigenvalue weighted by molar-refractivity contribution is 7.86. The second-order valence-corrected chi connectivity index (χ2v) is 7.35. The molecule has 0 amide bonds. The highest BCUT2D eigenvalue weighted by Crippen LogP contribution is 2.26. The Labute approximate surface area is 137 Å². The van der Waals surface area contributed by atoms with E-state index in [-0.39, 0.29) is 11.7 Å². The van der Waals surface area contributed by atoms with Crippen molar-refractivity contribution in [2.24, 2.45) is 0 Å². The van der Waals surface area contributed by atoms with Crippen LogP contribution in [0, 0.1) is 18.3 Å². The van der Waals surface area contributed by atoms with Crippen LogP contribution in [0.1, 0.15) is 42.0 Å². The van der Waals surface area contributed by atoms with Crippen molar-refractivity contribution in [3.63, 3.8) is 0 Å². The van der Waals surface area contributed by atoms with E-state index in [1.54, 1.807) is 30.3 Å². The Morgan fingerprint density at radius 1 is 1.17 bits per heavy atom. The Kier molecular flexibility index (Phi) is 5.07. The molecule has 0 fully saturated rings. The molecule has 0 heterocycles. The maximum Gasteiger partial charge on any atom is 0.313 e. The van der Waals surface area contributed by atoms with Gasteiger partial charge in [-0.2, -0.15) is 13.7 Å². The third-order valence-electron chi connectivity index (χ3n) is 3.50. The van der Waals surface area contributed by atoms with E-state index in [0.717, 1.165) is 11.1 Å². The van der Waals surface area contributed by atoms with Gasteiger partial charge >= 0.3 is 10.1 Å². The smallest absolute Gasteiger partial charge is 0.313 e. The summed E-state index contributed by atoms with van der Waals surface area (Å²) in [6, 6.07) is 14.1. The second kappa shape index (κ2) is 6.84. The standard InChI is InChI=1S/C18H19NO3S/c1-13(2)17-8-7-14(3)18(10-17)22-23(20,21)12-16-6-4-5-15(9-16)11-19/h4-10,13H,12H2,1-3H3. The molecule has 0 aliphatic carbocycles. The summed E-state index contributed by atoms with van der Waals surface area (Å²) in [6.45, 7) is 5.89. The average Bonchev–Trinajstić information content (AvgIpc) is 2.48. The maximum atomic E-state index is 12.3. The van der Waals surface area contributed by atoms with Crippen LogP contribution < -0.4 is 4.18 Å². The van der Waals surface area contributed by atoms with E-state index in [0.29, 0.717) is 16.9 Å². The van der Waals surface area contributed by atoms with Gasteiger partial charge in [0.05, 0.1) is 11.6 Å². The van der Waals surface area contributed by atoms with Gasteiger partial charge in [0.1, 0.15) is 11.5 Å². The lowest BCUT2D eigenvalue weighted by Gasteiger charge is -2.13. The summed E-state index contributed by atoms with van der Waals surface area (Å²) >= 11 is 0. The molecular formula is C18H19NO3S. The molecule has 0 radical (unpaired) electrons. The maximum absolute atomic E-state index is 12.3. The largest absolute Gasteiger partial charge is 0.382 e. The predicted octanol–water partition coefficient (Wildman–Crippen LogP) is 3.90. The van der Waals surface area contributed by atoms with Crippen LogP contribution in [0.25, 0.3) is 0 Å². The van der Waals surface area contributed by atoms with Gasteiger partial charge in [0, 0.05) is 0 Å². The van der Waals surface area contributed by atoms with Gasteiger partial charge in [0.15, 0.2) is 0 Å². The van der Waals surface area contributed by atoms with E-state index in [2.05, 4.69) is 0 Å². The van der Waals surface area contributed by atoms with E-state index in [1.165, 1.54) is 0 Å². The molecule has 0 N–H and O–H groups in total. The minimum atomic E-state index is -3.79. The summed E-state index contributed by atoms with van der Waals surface area (Å²) in [7, 11) is -3.79. The van der Waals surface area contributed by atoms with Crippen molar-refractivity contribution in [1.29, 1.82) is 5.26 Å². The molecule has 0 saturated carbocycles. The van der Waals surface area contributed by atoms with Gasteiger partial charge in [0.25, 0.3) is 0 Å². The molecular weight excluding hydrogens is 310 g/mol. The zero-order valence-electron chi connectivity index (χ0n) is 13.4. The topological polar surface area (TPSA) is 67.2 Å². The first-order valence-electron chi connectivity index (χ1n) is 7.32. The molecule has 0 aliphatic heterocycles. The van der Waals surface area contributed by atoms with Crippen molar-refractivity contribution < 1.29 is 12.6 Å². The highest BCUT2D eigenvalue weighted by Gasteiger charge is 2.16. The van der Waals surface area contributed by atoms with Gasteiger partial charge in [0.2, 0.25) is 0 Å². The number of rotatable bonds is 5. The van der Waals surface area contributed by atoms with Gasteiger partial charge in [-0.25, -0.2) is 0 Å². The third-order valence-corrected chi connectivity index (χ3v) is 4.62. The number of hydrogen-bond donors (Lipinski definition) is 0. The first kappa shape index (κ1) is 17.0. The Morgan fingerprint density at radius 3 is 2.57 bits per heavy atom. The first-order valence-corrected chi connectivity index (χ1v) is 8.90. The number of benzene rings is 2. The molecule has 0 atom stereocenters. The fourth-order valence-corrected chi connectivity index (χ4v) is 3.27. The lowest BCUT2D eigenvalue weighted by atomic mass is 10.0. The van der Waals surface area contributed by atoms with Gasteiger partial charge in [-0.1, -0.05) is 38.1 Å². The van der Waals surface area contributed by atoms with Crippen molar-refractivity contribution in [2.75, 3.05) is 0 Å². The van der Waals surface area contributed by atoms with E-state index >= 15 is 0 Å². The fourth-order valence-electron chi connectivity index (χ4n) is 2.17. The summed E-state index contributed by atoms with van der Waals surface area (Å²) in [5.41, 5.74) is 2.74. The average molecular weight is 329 g/mol. The molecule has 4 nitrogen and oxygen atoms in total. The molecule has 5 heteroatoms. The fraction of sp³-hybridized carbons (Fsp3) is 0.278. The molecule has 23 heavy (non-hydrogen) atoms. The molecule has 120 valence electrons. The van der Waals surface area contributed by atoms with Crippen LogP contribution in [0.2, 0.25) is 0 Å².